The summed E-state index contributed by atoms with van der Waals surface area (Å²) in [7, 11) is 1.95. The van der Waals surface area contributed by atoms with Gasteiger partial charge < -0.3 is 5.32 Å². The van der Waals surface area contributed by atoms with Crippen LogP contribution in [-0.4, -0.2) is 25.6 Å². The van der Waals surface area contributed by atoms with Gasteiger partial charge in [-0.3, -0.25) is 9.36 Å². The predicted molar refractivity (Wildman–Crippen MR) is 73.7 cm³/mol. The minimum atomic E-state index is 0.748. The fraction of sp³-hybridized carbons (Fsp3) is 0.571. The number of hydrogen-bond acceptors (Lipinski definition) is 3. The highest BCUT2D eigenvalue weighted by Gasteiger charge is 2.20. The first-order valence-electron chi connectivity index (χ1n) is 6.94. The second-order valence-electron chi connectivity index (χ2n) is 5.41. The molecule has 0 spiro atoms. The molecule has 1 aliphatic rings. The van der Waals surface area contributed by atoms with Crippen molar-refractivity contribution in [1.82, 2.24) is 24.9 Å². The molecule has 19 heavy (non-hydrogen) atoms. The van der Waals surface area contributed by atoms with Gasteiger partial charge in [0, 0.05) is 43.6 Å². The Morgan fingerprint density at radius 3 is 2.84 bits per heavy atom. The average molecular weight is 259 g/mol. The summed E-state index contributed by atoms with van der Waals surface area (Å²) in [5.74, 6) is 0. The largest absolute Gasteiger partial charge is 0.310 e. The first-order valence-corrected chi connectivity index (χ1v) is 6.94. The minimum absolute atomic E-state index is 0.748. The molecule has 0 aromatic carbocycles. The van der Waals surface area contributed by atoms with E-state index < -0.39 is 0 Å². The zero-order valence-electron chi connectivity index (χ0n) is 11.6. The first kappa shape index (κ1) is 12.4. The van der Waals surface area contributed by atoms with Gasteiger partial charge in [0.2, 0.25) is 0 Å². The van der Waals surface area contributed by atoms with Crippen LogP contribution < -0.4 is 5.32 Å². The molecular formula is C14H21N5. The highest BCUT2D eigenvalue weighted by molar-refractivity contribution is 5.16. The Bertz CT molecular complexity index is 550. The van der Waals surface area contributed by atoms with Gasteiger partial charge in [-0.05, 0) is 31.7 Å². The number of aryl methyl sites for hydroxylation is 3. The van der Waals surface area contributed by atoms with Gasteiger partial charge in [0.05, 0.1) is 12.4 Å². The van der Waals surface area contributed by atoms with Crippen LogP contribution in [0.5, 0.6) is 0 Å². The minimum Gasteiger partial charge on any atom is -0.310 e. The van der Waals surface area contributed by atoms with Crippen molar-refractivity contribution in [2.75, 3.05) is 0 Å². The zero-order valence-corrected chi connectivity index (χ0v) is 11.6. The quantitative estimate of drug-likeness (QED) is 0.853. The molecule has 0 unspecified atom stereocenters. The Morgan fingerprint density at radius 2 is 2.16 bits per heavy atom. The summed E-state index contributed by atoms with van der Waals surface area (Å²) in [4.78, 5) is 0. The molecule has 5 nitrogen and oxygen atoms in total. The van der Waals surface area contributed by atoms with Crippen molar-refractivity contribution in [3.8, 4) is 0 Å². The molecule has 1 saturated carbocycles. The van der Waals surface area contributed by atoms with E-state index in [1.807, 2.05) is 24.1 Å². The zero-order chi connectivity index (χ0) is 13.2. The van der Waals surface area contributed by atoms with Crippen LogP contribution in [-0.2, 0) is 26.6 Å². The fourth-order valence-electron chi connectivity index (χ4n) is 2.26. The van der Waals surface area contributed by atoms with E-state index in [0.717, 1.165) is 25.6 Å². The van der Waals surface area contributed by atoms with Crippen molar-refractivity contribution in [2.24, 2.45) is 7.05 Å². The molecule has 0 bridgehead atoms. The molecule has 1 fully saturated rings. The monoisotopic (exact) mass is 259 g/mol. The van der Waals surface area contributed by atoms with Gasteiger partial charge in [-0.15, -0.1) is 0 Å². The Hall–Kier alpha value is -1.62. The predicted octanol–water partition coefficient (Wildman–Crippen LogP) is 1.42. The number of nitrogens with zero attached hydrogens (tertiary/aromatic N) is 4. The van der Waals surface area contributed by atoms with E-state index in [-0.39, 0.29) is 0 Å². The Kier molecular flexibility index (Phi) is 3.38. The second kappa shape index (κ2) is 5.17. The maximum Gasteiger partial charge on any atom is 0.0537 e. The SMILES string of the molecule is Cc1c(CNC2CC2)cnn1CCc1cnn(C)c1. The van der Waals surface area contributed by atoms with Crippen LogP contribution >= 0.6 is 0 Å². The Balaban J connectivity index is 1.57. The van der Waals surface area contributed by atoms with Crippen LogP contribution in [0.4, 0.5) is 0 Å². The lowest BCUT2D eigenvalue weighted by atomic mass is 10.2. The van der Waals surface area contributed by atoms with Gasteiger partial charge in [0.15, 0.2) is 0 Å². The highest BCUT2D eigenvalue weighted by atomic mass is 15.3. The van der Waals surface area contributed by atoms with Crippen molar-refractivity contribution in [1.29, 1.82) is 0 Å². The standard InChI is InChI=1S/C14H21N5/c1-11-13(8-15-14-3-4-14)9-17-19(11)6-5-12-7-16-18(2)10-12/h7,9-10,14-15H,3-6,8H2,1-2H3. The van der Waals surface area contributed by atoms with Gasteiger partial charge in [0.1, 0.15) is 0 Å². The molecule has 2 heterocycles. The van der Waals surface area contributed by atoms with Crippen LogP contribution in [0.15, 0.2) is 18.6 Å². The van der Waals surface area contributed by atoms with Crippen LogP contribution in [0.25, 0.3) is 0 Å². The smallest absolute Gasteiger partial charge is 0.0537 e. The third kappa shape index (κ3) is 3.04. The second-order valence-corrected chi connectivity index (χ2v) is 5.41. The molecule has 3 rings (SSSR count). The van der Waals surface area contributed by atoms with E-state index in [1.165, 1.54) is 29.7 Å². The molecule has 1 N–H and O–H groups in total. The lowest BCUT2D eigenvalue weighted by Gasteiger charge is -2.05. The molecule has 0 aliphatic heterocycles. The summed E-state index contributed by atoms with van der Waals surface area (Å²) in [5.41, 5.74) is 3.85. The number of hydrogen-bond donors (Lipinski definition) is 1. The summed E-state index contributed by atoms with van der Waals surface area (Å²) < 4.78 is 3.94. The number of rotatable bonds is 6. The summed E-state index contributed by atoms with van der Waals surface area (Å²) in [6.45, 7) is 4.02. The molecule has 5 heteroatoms. The third-order valence-electron chi connectivity index (χ3n) is 3.73. The molecule has 0 saturated heterocycles. The Morgan fingerprint density at radius 1 is 1.32 bits per heavy atom. The van der Waals surface area contributed by atoms with Crippen LogP contribution in [0.1, 0.15) is 29.7 Å². The van der Waals surface area contributed by atoms with E-state index >= 15 is 0 Å². The van der Waals surface area contributed by atoms with Crippen LogP contribution in [0.3, 0.4) is 0 Å². The lowest BCUT2D eigenvalue weighted by molar-refractivity contribution is 0.594. The van der Waals surface area contributed by atoms with E-state index in [4.69, 9.17) is 0 Å². The van der Waals surface area contributed by atoms with Gasteiger partial charge >= 0.3 is 0 Å². The van der Waals surface area contributed by atoms with Crippen LogP contribution in [0, 0.1) is 6.92 Å². The van der Waals surface area contributed by atoms with Crippen molar-refractivity contribution in [2.45, 2.75) is 45.3 Å². The molecule has 0 atom stereocenters. The normalized spacial score (nSPS) is 15.1. The van der Waals surface area contributed by atoms with Crippen LogP contribution in [0.2, 0.25) is 0 Å². The molecule has 0 radical (unpaired) electrons. The van der Waals surface area contributed by atoms with Gasteiger partial charge in [-0.25, -0.2) is 0 Å². The van der Waals surface area contributed by atoms with E-state index in [0.29, 0.717) is 0 Å². The van der Waals surface area contributed by atoms with E-state index in [9.17, 15) is 0 Å². The number of nitrogens with one attached hydrogen (secondary N) is 1. The number of aromatic nitrogens is 4. The maximum atomic E-state index is 4.49. The molecule has 102 valence electrons. The van der Waals surface area contributed by atoms with Gasteiger partial charge in [-0.1, -0.05) is 0 Å². The van der Waals surface area contributed by atoms with Crippen molar-refractivity contribution >= 4 is 0 Å². The van der Waals surface area contributed by atoms with Crippen molar-refractivity contribution in [3.05, 3.63) is 35.4 Å². The summed E-state index contributed by atoms with van der Waals surface area (Å²) in [6, 6.07) is 0.748. The van der Waals surface area contributed by atoms with E-state index in [2.05, 4.69) is 33.3 Å². The topological polar surface area (TPSA) is 47.7 Å². The summed E-state index contributed by atoms with van der Waals surface area (Å²) >= 11 is 0. The van der Waals surface area contributed by atoms with Gasteiger partial charge in [-0.2, -0.15) is 10.2 Å². The lowest BCUT2D eigenvalue weighted by Crippen LogP contribution is -2.16. The van der Waals surface area contributed by atoms with E-state index in [1.54, 1.807) is 0 Å². The van der Waals surface area contributed by atoms with Crippen molar-refractivity contribution in [3.63, 3.8) is 0 Å². The summed E-state index contributed by atoms with van der Waals surface area (Å²) in [6.07, 6.45) is 9.62. The maximum absolute atomic E-state index is 4.49. The van der Waals surface area contributed by atoms with Gasteiger partial charge in [0.25, 0.3) is 0 Å². The molecule has 2 aromatic heterocycles. The summed E-state index contributed by atoms with van der Waals surface area (Å²) in [5, 5.41) is 12.2. The Labute approximate surface area is 113 Å². The molecule has 2 aromatic rings. The first-order chi connectivity index (χ1) is 9.22. The third-order valence-corrected chi connectivity index (χ3v) is 3.73. The molecule has 1 aliphatic carbocycles. The molecule has 0 amide bonds. The van der Waals surface area contributed by atoms with Crippen molar-refractivity contribution < 1.29 is 0 Å². The average Bonchev–Trinajstić information content (AvgIpc) is 3.04. The molecular weight excluding hydrogens is 238 g/mol. The highest BCUT2D eigenvalue weighted by Crippen LogP contribution is 2.19. The fourth-order valence-corrected chi connectivity index (χ4v) is 2.26.